The first-order valence-corrected chi connectivity index (χ1v) is 5.22. The highest BCUT2D eigenvalue weighted by Crippen LogP contribution is 2.05. The molecule has 86 valence electrons. The summed E-state index contributed by atoms with van der Waals surface area (Å²) in [6.07, 6.45) is 7.52. The van der Waals surface area contributed by atoms with E-state index in [9.17, 15) is 4.79 Å². The lowest BCUT2D eigenvalue weighted by Gasteiger charge is -2.12. The molecule has 0 fully saturated rings. The van der Waals surface area contributed by atoms with Gasteiger partial charge in [-0.05, 0) is 11.6 Å². The molecule has 0 bridgehead atoms. The molecule has 0 radical (unpaired) electrons. The van der Waals surface area contributed by atoms with E-state index in [2.05, 4.69) is 4.99 Å². The molecule has 1 aliphatic rings. The van der Waals surface area contributed by atoms with Gasteiger partial charge in [0.05, 0.1) is 0 Å². The number of nitrogens with zero attached hydrogens (tertiary/aromatic N) is 2. The van der Waals surface area contributed by atoms with Gasteiger partial charge in [-0.25, -0.2) is 4.79 Å². The zero-order chi connectivity index (χ0) is 11.9. The van der Waals surface area contributed by atoms with Gasteiger partial charge in [0.15, 0.2) is 0 Å². The molecule has 0 spiro atoms. The van der Waals surface area contributed by atoms with Gasteiger partial charge in [0, 0.05) is 24.8 Å². The largest absolute Gasteiger partial charge is 0.444 e. The summed E-state index contributed by atoms with van der Waals surface area (Å²) in [5.41, 5.74) is 0.958. The van der Waals surface area contributed by atoms with Crippen LogP contribution in [0.2, 0.25) is 0 Å². The fraction of sp³-hybridized carbons (Fsp3) is 0.0769. The van der Waals surface area contributed by atoms with Gasteiger partial charge in [0.1, 0.15) is 6.61 Å². The first-order valence-electron chi connectivity index (χ1n) is 5.22. The van der Waals surface area contributed by atoms with E-state index in [1.54, 1.807) is 24.7 Å². The highest BCUT2D eigenvalue weighted by molar-refractivity contribution is 5.76. The van der Waals surface area contributed by atoms with Crippen LogP contribution in [0.25, 0.3) is 0 Å². The summed E-state index contributed by atoms with van der Waals surface area (Å²) in [7, 11) is 0. The van der Waals surface area contributed by atoms with Crippen LogP contribution in [-0.4, -0.2) is 17.2 Å². The maximum Gasteiger partial charge on any atom is 0.418 e. The number of benzene rings is 1. The minimum absolute atomic E-state index is 0.263. The second-order valence-electron chi connectivity index (χ2n) is 3.39. The number of hydrogen-bond acceptors (Lipinski definition) is 3. The number of hydrogen-bond donors (Lipinski definition) is 0. The molecule has 1 heterocycles. The summed E-state index contributed by atoms with van der Waals surface area (Å²) in [5.74, 6) is 0. The third-order valence-corrected chi connectivity index (χ3v) is 2.15. The number of amides is 1. The lowest BCUT2D eigenvalue weighted by Crippen LogP contribution is -2.20. The third kappa shape index (κ3) is 3.31. The Morgan fingerprint density at radius 1 is 1.24 bits per heavy atom. The Hall–Kier alpha value is -2.36. The lowest BCUT2D eigenvalue weighted by molar-refractivity contribution is 0.121. The fourth-order valence-corrected chi connectivity index (χ4v) is 1.31. The zero-order valence-corrected chi connectivity index (χ0v) is 9.19. The Kier molecular flexibility index (Phi) is 3.70. The predicted molar refractivity (Wildman–Crippen MR) is 65.2 cm³/mol. The molecule has 4 heteroatoms. The molecule has 2 rings (SSSR count). The average Bonchev–Trinajstić information content (AvgIpc) is 2.66. The standard InChI is InChI=1S/C13H12N2O2/c16-13(15-9-4-7-14-8-10-15)17-11-12-5-2-1-3-6-12/h1-10H,11H2. The minimum atomic E-state index is -0.424. The summed E-state index contributed by atoms with van der Waals surface area (Å²) < 4.78 is 5.15. The Bertz CT molecular complexity index is 448. The van der Waals surface area contributed by atoms with E-state index in [-0.39, 0.29) is 6.61 Å². The van der Waals surface area contributed by atoms with Crippen molar-refractivity contribution in [3.8, 4) is 0 Å². The first-order chi connectivity index (χ1) is 8.36. The van der Waals surface area contributed by atoms with Crippen LogP contribution in [0.5, 0.6) is 0 Å². The van der Waals surface area contributed by atoms with Crippen molar-refractivity contribution in [2.24, 2.45) is 4.99 Å². The second kappa shape index (κ2) is 5.65. The van der Waals surface area contributed by atoms with Crippen LogP contribution in [0.3, 0.4) is 0 Å². The van der Waals surface area contributed by atoms with Gasteiger partial charge in [-0.15, -0.1) is 0 Å². The maximum atomic E-state index is 11.7. The summed E-state index contributed by atoms with van der Waals surface area (Å²) in [6, 6.07) is 9.55. The maximum absolute atomic E-state index is 11.7. The van der Waals surface area contributed by atoms with Crippen LogP contribution in [0, 0.1) is 0 Å². The highest BCUT2D eigenvalue weighted by Gasteiger charge is 2.09. The number of rotatable bonds is 2. The molecule has 0 saturated heterocycles. The average molecular weight is 228 g/mol. The molecule has 0 unspecified atom stereocenters. The molecule has 0 saturated carbocycles. The van der Waals surface area contributed by atoms with E-state index in [4.69, 9.17) is 4.74 Å². The first kappa shape index (κ1) is 11.1. The van der Waals surface area contributed by atoms with Crippen molar-refractivity contribution in [2.45, 2.75) is 6.61 Å². The normalized spacial score (nSPS) is 13.5. The van der Waals surface area contributed by atoms with E-state index in [1.807, 2.05) is 30.3 Å². The summed E-state index contributed by atoms with van der Waals surface area (Å²) in [4.78, 5) is 16.9. The molecule has 1 aromatic carbocycles. The summed E-state index contributed by atoms with van der Waals surface area (Å²) in [6.45, 7) is 0.263. The lowest BCUT2D eigenvalue weighted by atomic mass is 10.2. The van der Waals surface area contributed by atoms with Gasteiger partial charge in [-0.2, -0.15) is 0 Å². The SMILES string of the molecule is O=C(OCc1ccccc1)N1C=CC=NC=C1. The van der Waals surface area contributed by atoms with Crippen molar-refractivity contribution in [1.82, 2.24) is 4.90 Å². The molecule has 1 aromatic rings. The predicted octanol–water partition coefficient (Wildman–Crippen LogP) is 2.69. The smallest absolute Gasteiger partial charge is 0.418 e. The van der Waals surface area contributed by atoms with Crippen LogP contribution in [0.15, 0.2) is 60.0 Å². The molecule has 0 aromatic heterocycles. The van der Waals surface area contributed by atoms with Crippen molar-refractivity contribution in [3.63, 3.8) is 0 Å². The topological polar surface area (TPSA) is 41.9 Å². The van der Waals surface area contributed by atoms with E-state index < -0.39 is 6.09 Å². The Morgan fingerprint density at radius 2 is 2.06 bits per heavy atom. The molecule has 0 aliphatic carbocycles. The monoisotopic (exact) mass is 228 g/mol. The zero-order valence-electron chi connectivity index (χ0n) is 9.19. The van der Waals surface area contributed by atoms with Gasteiger partial charge in [0.2, 0.25) is 0 Å². The van der Waals surface area contributed by atoms with Crippen molar-refractivity contribution < 1.29 is 9.53 Å². The molecule has 0 N–H and O–H groups in total. The highest BCUT2D eigenvalue weighted by atomic mass is 16.6. The number of aliphatic imine (C=N–C) groups is 1. The van der Waals surface area contributed by atoms with E-state index >= 15 is 0 Å². The number of allylic oxidation sites excluding steroid dienone is 1. The molecule has 0 atom stereocenters. The van der Waals surface area contributed by atoms with Gasteiger partial charge >= 0.3 is 6.09 Å². The van der Waals surface area contributed by atoms with Crippen LogP contribution in [0.1, 0.15) is 5.56 Å². The summed E-state index contributed by atoms with van der Waals surface area (Å²) >= 11 is 0. The Labute approximate surface area is 99.5 Å². The van der Waals surface area contributed by atoms with Crippen molar-refractivity contribution in [2.75, 3.05) is 0 Å². The van der Waals surface area contributed by atoms with E-state index in [0.717, 1.165) is 5.56 Å². The van der Waals surface area contributed by atoms with Crippen LogP contribution >= 0.6 is 0 Å². The van der Waals surface area contributed by atoms with Crippen LogP contribution in [0.4, 0.5) is 4.79 Å². The van der Waals surface area contributed by atoms with Crippen LogP contribution < -0.4 is 0 Å². The van der Waals surface area contributed by atoms with Gasteiger partial charge in [-0.3, -0.25) is 9.89 Å². The Morgan fingerprint density at radius 3 is 2.88 bits per heavy atom. The second-order valence-corrected chi connectivity index (χ2v) is 3.39. The van der Waals surface area contributed by atoms with Crippen molar-refractivity contribution >= 4 is 12.3 Å². The molecular weight excluding hydrogens is 216 g/mol. The third-order valence-electron chi connectivity index (χ3n) is 2.15. The van der Waals surface area contributed by atoms with Gasteiger partial charge in [-0.1, -0.05) is 30.3 Å². The van der Waals surface area contributed by atoms with Gasteiger partial charge in [0.25, 0.3) is 0 Å². The minimum Gasteiger partial charge on any atom is -0.444 e. The van der Waals surface area contributed by atoms with E-state index in [0.29, 0.717) is 0 Å². The van der Waals surface area contributed by atoms with Crippen molar-refractivity contribution in [1.29, 1.82) is 0 Å². The van der Waals surface area contributed by atoms with E-state index in [1.165, 1.54) is 11.1 Å². The molecule has 1 amide bonds. The molecular formula is C13H12N2O2. The molecule has 4 nitrogen and oxygen atoms in total. The quantitative estimate of drug-likeness (QED) is 0.781. The van der Waals surface area contributed by atoms with Gasteiger partial charge < -0.3 is 4.74 Å². The van der Waals surface area contributed by atoms with Crippen molar-refractivity contribution in [3.05, 3.63) is 60.6 Å². The molecule has 1 aliphatic heterocycles. The van der Waals surface area contributed by atoms with Crippen LogP contribution in [-0.2, 0) is 11.3 Å². The fourth-order valence-electron chi connectivity index (χ4n) is 1.31. The number of ether oxygens (including phenoxy) is 1. The number of carbonyl (C=O) groups excluding carboxylic acids is 1. The summed E-state index contributed by atoms with van der Waals surface area (Å²) in [5, 5.41) is 0. The number of carbonyl (C=O) groups is 1. The molecule has 17 heavy (non-hydrogen) atoms. The Balaban J connectivity index is 1.89.